The highest BCUT2D eigenvalue weighted by molar-refractivity contribution is 6.29. The first-order valence-electron chi connectivity index (χ1n) is 2.08. The van der Waals surface area contributed by atoms with Gasteiger partial charge in [-0.25, -0.2) is 0 Å². The van der Waals surface area contributed by atoms with Crippen molar-refractivity contribution in [2.24, 2.45) is 0 Å². The number of aromatic nitrogens is 2. The maximum absolute atomic E-state index is 9.89. The molecule has 0 saturated carbocycles. The van der Waals surface area contributed by atoms with Gasteiger partial charge in [0, 0.05) is 5.72 Å². The molecule has 0 saturated heterocycles. The lowest BCUT2D eigenvalue weighted by atomic mass is 10.1. The number of carbonyl (C=O) groups is 1. The van der Waals surface area contributed by atoms with E-state index in [2.05, 4.69) is 9.97 Å². The van der Waals surface area contributed by atoms with E-state index in [4.69, 9.17) is 7.85 Å². The van der Waals surface area contributed by atoms with E-state index in [1.807, 2.05) is 0 Å². The summed E-state index contributed by atoms with van der Waals surface area (Å²) in [6.45, 7) is 0. The van der Waals surface area contributed by atoms with Crippen molar-refractivity contribution in [3.63, 3.8) is 0 Å². The molecule has 0 unspecified atom stereocenters. The Balaban J connectivity index is 3.00. The number of H-pyrrole nitrogens is 1. The van der Waals surface area contributed by atoms with Crippen LogP contribution in [0.4, 0.5) is 0 Å². The van der Waals surface area contributed by atoms with Gasteiger partial charge < -0.3 is 4.98 Å². The summed E-state index contributed by atoms with van der Waals surface area (Å²) >= 11 is 0. The minimum Gasteiger partial charge on any atom is -0.349 e. The van der Waals surface area contributed by atoms with Crippen LogP contribution in [0, 0.1) is 0 Å². The highest BCUT2D eigenvalue weighted by Gasteiger charge is 1.89. The molecule has 0 aromatic carbocycles. The van der Waals surface area contributed by atoms with E-state index in [9.17, 15) is 4.79 Å². The summed E-state index contributed by atoms with van der Waals surface area (Å²) in [5.41, 5.74) is 0.676. The fourth-order valence-electron chi connectivity index (χ4n) is 0.411. The average molecular weight is 106 g/mol. The summed E-state index contributed by atoms with van der Waals surface area (Å²) in [6.07, 6.45) is 2.03. The molecule has 1 aromatic rings. The van der Waals surface area contributed by atoms with Crippen LogP contribution in [-0.2, 0) is 0 Å². The van der Waals surface area contributed by atoms with Crippen molar-refractivity contribution in [2.45, 2.75) is 0 Å². The maximum Gasteiger partial charge on any atom is 0.167 e. The SMILES string of the molecule is [B]c1ncc(C=O)[nH]1. The molecule has 0 aliphatic rings. The zero-order valence-corrected chi connectivity index (χ0v) is 4.09. The van der Waals surface area contributed by atoms with Crippen LogP contribution in [0.1, 0.15) is 10.5 Å². The number of nitrogens with one attached hydrogen (secondary N) is 1. The Labute approximate surface area is 47.5 Å². The Bertz CT molecular complexity index is 196. The Kier molecular flexibility index (Phi) is 1.16. The summed E-state index contributed by atoms with van der Waals surface area (Å²) in [6, 6.07) is 0. The van der Waals surface area contributed by atoms with E-state index in [1.54, 1.807) is 0 Å². The second-order valence-electron chi connectivity index (χ2n) is 1.34. The predicted molar refractivity (Wildman–Crippen MR) is 29.4 cm³/mol. The van der Waals surface area contributed by atoms with E-state index in [1.165, 1.54) is 6.20 Å². The lowest BCUT2D eigenvalue weighted by molar-refractivity contribution is 0.111. The number of rotatable bonds is 1. The highest BCUT2D eigenvalue weighted by Crippen LogP contribution is 1.78. The molecular formula is C4H3BN2O. The first-order chi connectivity index (χ1) is 3.83. The van der Waals surface area contributed by atoms with Gasteiger partial charge in [0.1, 0.15) is 0 Å². The van der Waals surface area contributed by atoms with Crippen LogP contribution >= 0.6 is 0 Å². The molecular weight excluding hydrogens is 103 g/mol. The molecule has 8 heavy (non-hydrogen) atoms. The maximum atomic E-state index is 9.89. The van der Waals surface area contributed by atoms with Crippen LogP contribution in [0.3, 0.4) is 0 Å². The van der Waals surface area contributed by atoms with Gasteiger partial charge in [-0.15, -0.1) is 0 Å². The third-order valence-electron chi connectivity index (χ3n) is 0.742. The first kappa shape index (κ1) is 5.09. The average Bonchev–Trinajstić information content (AvgIpc) is 2.14. The van der Waals surface area contributed by atoms with Crippen LogP contribution in [-0.4, -0.2) is 24.1 Å². The Morgan fingerprint density at radius 3 is 2.88 bits per heavy atom. The van der Waals surface area contributed by atoms with E-state index >= 15 is 0 Å². The molecule has 1 N–H and O–H groups in total. The number of carbonyl (C=O) groups excluding carboxylic acids is 1. The number of nitrogens with zero attached hydrogens (tertiary/aromatic N) is 1. The highest BCUT2D eigenvalue weighted by atomic mass is 16.1. The quantitative estimate of drug-likeness (QED) is 0.369. The van der Waals surface area contributed by atoms with Gasteiger partial charge in [0.05, 0.1) is 11.9 Å². The second kappa shape index (κ2) is 1.82. The van der Waals surface area contributed by atoms with Crippen molar-refractivity contribution >= 4 is 19.9 Å². The fourth-order valence-corrected chi connectivity index (χ4v) is 0.411. The Hall–Kier alpha value is -1.06. The smallest absolute Gasteiger partial charge is 0.167 e. The van der Waals surface area contributed by atoms with Crippen LogP contribution in [0.2, 0.25) is 0 Å². The van der Waals surface area contributed by atoms with Crippen molar-refractivity contribution < 1.29 is 4.79 Å². The minimum absolute atomic E-state index is 0.270. The normalized spacial score (nSPS) is 9.00. The van der Waals surface area contributed by atoms with E-state index in [0.29, 0.717) is 12.0 Å². The summed E-state index contributed by atoms with van der Waals surface area (Å²) in [5.74, 6) is 0. The standard InChI is InChI=1S/C4H3BN2O/c5-4-6-1-3(2-8)7-4/h1-2H,(H,6,7). The Morgan fingerprint density at radius 2 is 2.62 bits per heavy atom. The summed E-state index contributed by atoms with van der Waals surface area (Å²) < 4.78 is 0. The fraction of sp³-hybridized carbons (Fsp3) is 0. The Morgan fingerprint density at radius 1 is 1.88 bits per heavy atom. The van der Waals surface area contributed by atoms with Crippen LogP contribution in [0.5, 0.6) is 0 Å². The molecule has 0 fully saturated rings. The van der Waals surface area contributed by atoms with E-state index in [0.717, 1.165) is 0 Å². The van der Waals surface area contributed by atoms with Crippen molar-refractivity contribution in [3.05, 3.63) is 11.9 Å². The predicted octanol–water partition coefficient (Wildman–Crippen LogP) is -0.984. The number of imidazole rings is 1. The van der Waals surface area contributed by atoms with Crippen LogP contribution in [0.15, 0.2) is 6.20 Å². The van der Waals surface area contributed by atoms with Gasteiger partial charge in [0.15, 0.2) is 14.1 Å². The van der Waals surface area contributed by atoms with E-state index in [-0.39, 0.29) is 5.72 Å². The van der Waals surface area contributed by atoms with Crippen molar-refractivity contribution in [1.82, 2.24) is 9.97 Å². The van der Waals surface area contributed by atoms with Crippen LogP contribution < -0.4 is 5.72 Å². The molecule has 4 heteroatoms. The van der Waals surface area contributed by atoms with Crippen LogP contribution in [0.25, 0.3) is 0 Å². The van der Waals surface area contributed by atoms with Gasteiger partial charge in [-0.1, -0.05) is 0 Å². The van der Waals surface area contributed by atoms with Gasteiger partial charge in [-0.05, 0) is 0 Å². The van der Waals surface area contributed by atoms with Crippen molar-refractivity contribution in [1.29, 1.82) is 0 Å². The second-order valence-corrected chi connectivity index (χ2v) is 1.34. The van der Waals surface area contributed by atoms with Gasteiger partial charge >= 0.3 is 0 Å². The molecule has 0 aliphatic carbocycles. The molecule has 0 spiro atoms. The topological polar surface area (TPSA) is 45.8 Å². The molecule has 1 heterocycles. The lowest BCUT2D eigenvalue weighted by Gasteiger charge is -1.74. The molecule has 38 valence electrons. The molecule has 3 nitrogen and oxygen atoms in total. The molecule has 0 aliphatic heterocycles. The molecule has 0 bridgehead atoms. The van der Waals surface area contributed by atoms with E-state index < -0.39 is 0 Å². The van der Waals surface area contributed by atoms with Crippen molar-refractivity contribution in [3.8, 4) is 0 Å². The van der Waals surface area contributed by atoms with Gasteiger partial charge in [0.2, 0.25) is 0 Å². The van der Waals surface area contributed by atoms with Crippen molar-refractivity contribution in [2.75, 3.05) is 0 Å². The van der Waals surface area contributed by atoms with Gasteiger partial charge in [0.25, 0.3) is 0 Å². The molecule has 0 amide bonds. The number of hydrogen-bond acceptors (Lipinski definition) is 2. The minimum atomic E-state index is 0.270. The number of aldehydes is 1. The number of aromatic amines is 1. The summed E-state index contributed by atoms with van der Waals surface area (Å²) in [4.78, 5) is 16.0. The first-order valence-corrected chi connectivity index (χ1v) is 2.08. The monoisotopic (exact) mass is 106 g/mol. The zero-order chi connectivity index (χ0) is 5.98. The third-order valence-corrected chi connectivity index (χ3v) is 0.742. The van der Waals surface area contributed by atoms with Gasteiger partial charge in [-0.2, -0.15) is 0 Å². The third kappa shape index (κ3) is 0.778. The van der Waals surface area contributed by atoms with Gasteiger partial charge in [-0.3, -0.25) is 9.78 Å². The largest absolute Gasteiger partial charge is 0.349 e. The summed E-state index contributed by atoms with van der Waals surface area (Å²) in [5, 5.41) is 0. The summed E-state index contributed by atoms with van der Waals surface area (Å²) in [7, 11) is 5.13. The molecule has 2 radical (unpaired) electrons. The molecule has 0 atom stereocenters. The zero-order valence-electron chi connectivity index (χ0n) is 4.09. The lowest BCUT2D eigenvalue weighted by Crippen LogP contribution is -2.05. The molecule has 1 aromatic heterocycles. The molecule has 1 rings (SSSR count). The number of hydrogen-bond donors (Lipinski definition) is 1.